The Balaban J connectivity index is 1.53. The molecule has 1 aliphatic heterocycles. The summed E-state index contributed by atoms with van der Waals surface area (Å²) in [5.41, 5.74) is 2.35. The molecule has 1 N–H and O–H groups in total. The van der Waals surface area contributed by atoms with Gasteiger partial charge in [0.25, 0.3) is 0 Å². The summed E-state index contributed by atoms with van der Waals surface area (Å²) in [5, 5.41) is 10.4. The molecule has 5 heteroatoms. The van der Waals surface area contributed by atoms with Gasteiger partial charge < -0.3 is 10.0 Å². The van der Waals surface area contributed by atoms with Gasteiger partial charge in [-0.25, -0.2) is 0 Å². The summed E-state index contributed by atoms with van der Waals surface area (Å²) in [5.74, 6) is 0.229. The van der Waals surface area contributed by atoms with Crippen molar-refractivity contribution in [3.8, 4) is 0 Å². The summed E-state index contributed by atoms with van der Waals surface area (Å²) in [6.07, 6.45) is 4.65. The van der Waals surface area contributed by atoms with E-state index in [1.54, 1.807) is 12.4 Å². The Bertz CT molecular complexity index is 693. The Hall–Kier alpha value is -2.24. The number of carbonyl (C=O) groups is 1. The SMILES string of the molecule is CN(CC(=O)N1CC[C@H](O)[C@H](Cc2ccccc2)C1)Cc1ccncc1. The Kier molecular flexibility index (Phi) is 6.36. The molecular formula is C21H27N3O2. The van der Waals surface area contributed by atoms with Crippen molar-refractivity contribution in [1.82, 2.24) is 14.8 Å². The average Bonchev–Trinajstić information content (AvgIpc) is 2.65. The largest absolute Gasteiger partial charge is 0.393 e. The van der Waals surface area contributed by atoms with Gasteiger partial charge >= 0.3 is 0 Å². The van der Waals surface area contributed by atoms with Crippen LogP contribution in [0.5, 0.6) is 0 Å². The van der Waals surface area contributed by atoms with Crippen LogP contribution in [-0.2, 0) is 17.8 Å². The van der Waals surface area contributed by atoms with E-state index in [0.717, 1.165) is 18.5 Å². The third-order valence-electron chi connectivity index (χ3n) is 4.99. The zero-order valence-electron chi connectivity index (χ0n) is 15.3. The van der Waals surface area contributed by atoms with Crippen molar-refractivity contribution in [3.63, 3.8) is 0 Å². The second-order valence-electron chi connectivity index (χ2n) is 7.17. The first-order valence-electron chi connectivity index (χ1n) is 9.19. The van der Waals surface area contributed by atoms with Gasteiger partial charge in [0.15, 0.2) is 0 Å². The van der Waals surface area contributed by atoms with Crippen molar-refractivity contribution in [2.45, 2.75) is 25.5 Å². The van der Waals surface area contributed by atoms with Gasteiger partial charge in [-0.15, -0.1) is 0 Å². The van der Waals surface area contributed by atoms with Crippen LogP contribution in [0, 0.1) is 5.92 Å². The maximum atomic E-state index is 12.7. The van der Waals surface area contributed by atoms with Crippen LogP contribution in [0.1, 0.15) is 17.5 Å². The van der Waals surface area contributed by atoms with Crippen LogP contribution in [0.2, 0.25) is 0 Å². The third kappa shape index (κ3) is 5.13. The van der Waals surface area contributed by atoms with E-state index >= 15 is 0 Å². The molecule has 5 nitrogen and oxygen atoms in total. The summed E-state index contributed by atoms with van der Waals surface area (Å²) in [7, 11) is 1.96. The van der Waals surface area contributed by atoms with E-state index in [2.05, 4.69) is 17.1 Å². The van der Waals surface area contributed by atoms with Crippen molar-refractivity contribution in [3.05, 3.63) is 66.0 Å². The zero-order chi connectivity index (χ0) is 18.4. The monoisotopic (exact) mass is 353 g/mol. The summed E-state index contributed by atoms with van der Waals surface area (Å²) in [6.45, 7) is 2.36. The minimum Gasteiger partial charge on any atom is -0.393 e. The van der Waals surface area contributed by atoms with Crippen LogP contribution in [0.3, 0.4) is 0 Å². The van der Waals surface area contributed by atoms with Crippen LogP contribution < -0.4 is 0 Å². The molecule has 0 saturated carbocycles. The fourth-order valence-corrected chi connectivity index (χ4v) is 3.55. The Morgan fingerprint density at radius 2 is 1.92 bits per heavy atom. The standard InChI is InChI=1S/C21H27N3O2/c1-23(14-18-7-10-22-11-8-18)16-21(26)24-12-9-20(25)19(15-24)13-17-5-3-2-4-6-17/h2-8,10-11,19-20,25H,9,12-16H2,1H3/t19-,20+/m1/s1. The number of carbonyl (C=O) groups excluding carboxylic acids is 1. The van der Waals surface area contributed by atoms with Gasteiger partial charge in [0.1, 0.15) is 0 Å². The molecule has 1 amide bonds. The van der Waals surface area contributed by atoms with Gasteiger partial charge in [0.2, 0.25) is 5.91 Å². The fourth-order valence-electron chi connectivity index (χ4n) is 3.55. The molecule has 0 aliphatic carbocycles. The van der Waals surface area contributed by atoms with Crippen LogP contribution in [0.4, 0.5) is 0 Å². The summed E-state index contributed by atoms with van der Waals surface area (Å²) < 4.78 is 0. The number of amides is 1. The molecule has 1 aliphatic rings. The number of aromatic nitrogens is 1. The van der Waals surface area contributed by atoms with Crippen molar-refractivity contribution < 1.29 is 9.90 Å². The molecule has 1 aromatic heterocycles. The Labute approximate surface area is 155 Å². The minimum atomic E-state index is -0.339. The number of aliphatic hydroxyl groups excluding tert-OH is 1. The van der Waals surface area contributed by atoms with Crippen LogP contribution in [0.25, 0.3) is 0 Å². The molecule has 0 spiro atoms. The minimum absolute atomic E-state index is 0.0978. The van der Waals surface area contributed by atoms with Gasteiger partial charge in [0, 0.05) is 37.9 Å². The summed E-state index contributed by atoms with van der Waals surface area (Å²) in [4.78, 5) is 20.6. The second kappa shape index (κ2) is 8.92. The quantitative estimate of drug-likeness (QED) is 0.863. The Morgan fingerprint density at radius 3 is 2.65 bits per heavy atom. The summed E-state index contributed by atoms with van der Waals surface area (Å²) in [6, 6.07) is 14.1. The molecule has 2 heterocycles. The third-order valence-corrected chi connectivity index (χ3v) is 4.99. The smallest absolute Gasteiger partial charge is 0.236 e. The first-order chi connectivity index (χ1) is 12.6. The number of rotatable bonds is 6. The Morgan fingerprint density at radius 1 is 1.19 bits per heavy atom. The van der Waals surface area contributed by atoms with Crippen molar-refractivity contribution in [1.29, 1.82) is 0 Å². The van der Waals surface area contributed by atoms with Crippen LogP contribution in [0.15, 0.2) is 54.9 Å². The topological polar surface area (TPSA) is 56.7 Å². The number of piperidine rings is 1. The first-order valence-corrected chi connectivity index (χ1v) is 9.19. The van der Waals surface area contributed by atoms with E-state index in [1.807, 2.05) is 47.2 Å². The number of pyridine rings is 1. The summed E-state index contributed by atoms with van der Waals surface area (Å²) >= 11 is 0. The number of aliphatic hydroxyl groups is 1. The number of hydrogen-bond donors (Lipinski definition) is 1. The average molecular weight is 353 g/mol. The first kappa shape index (κ1) is 18.5. The molecule has 1 fully saturated rings. The molecular weight excluding hydrogens is 326 g/mol. The van der Waals surface area contributed by atoms with E-state index in [-0.39, 0.29) is 17.9 Å². The highest BCUT2D eigenvalue weighted by Crippen LogP contribution is 2.22. The highest BCUT2D eigenvalue weighted by atomic mass is 16.3. The van der Waals surface area contributed by atoms with Gasteiger partial charge in [-0.3, -0.25) is 14.7 Å². The molecule has 0 bridgehead atoms. The number of likely N-dealkylation sites (tertiary alicyclic amines) is 1. The van der Waals surface area contributed by atoms with E-state index in [1.165, 1.54) is 5.56 Å². The van der Waals surface area contributed by atoms with E-state index in [9.17, 15) is 9.90 Å². The predicted octanol–water partition coefficient (Wildman–Crippen LogP) is 1.97. The normalized spacial score (nSPS) is 20.3. The molecule has 26 heavy (non-hydrogen) atoms. The molecule has 1 saturated heterocycles. The lowest BCUT2D eigenvalue weighted by atomic mass is 9.88. The highest BCUT2D eigenvalue weighted by Gasteiger charge is 2.30. The van der Waals surface area contributed by atoms with Crippen molar-refractivity contribution in [2.24, 2.45) is 5.92 Å². The molecule has 0 unspecified atom stereocenters. The van der Waals surface area contributed by atoms with Crippen LogP contribution in [-0.4, -0.2) is 58.6 Å². The lowest BCUT2D eigenvalue weighted by Gasteiger charge is -2.37. The molecule has 138 valence electrons. The van der Waals surface area contributed by atoms with Gasteiger partial charge in [-0.1, -0.05) is 30.3 Å². The van der Waals surface area contributed by atoms with Gasteiger partial charge in [-0.05, 0) is 43.1 Å². The molecule has 0 radical (unpaired) electrons. The maximum absolute atomic E-state index is 12.7. The van der Waals surface area contributed by atoms with Crippen molar-refractivity contribution >= 4 is 5.91 Å². The predicted molar refractivity (Wildman–Crippen MR) is 101 cm³/mol. The lowest BCUT2D eigenvalue weighted by molar-refractivity contribution is -0.136. The maximum Gasteiger partial charge on any atom is 0.236 e. The van der Waals surface area contributed by atoms with E-state index in [0.29, 0.717) is 26.1 Å². The van der Waals surface area contributed by atoms with E-state index < -0.39 is 0 Å². The number of nitrogens with zero attached hydrogens (tertiary/aromatic N) is 3. The molecule has 3 rings (SSSR count). The van der Waals surface area contributed by atoms with Gasteiger partial charge in [0.05, 0.1) is 12.6 Å². The molecule has 1 aromatic carbocycles. The molecule has 2 atom stereocenters. The van der Waals surface area contributed by atoms with Crippen molar-refractivity contribution in [2.75, 3.05) is 26.7 Å². The zero-order valence-corrected chi connectivity index (χ0v) is 15.3. The second-order valence-corrected chi connectivity index (χ2v) is 7.17. The van der Waals surface area contributed by atoms with Gasteiger partial charge in [-0.2, -0.15) is 0 Å². The fraction of sp³-hybridized carbons (Fsp3) is 0.429. The number of likely N-dealkylation sites (N-methyl/N-ethyl adjacent to an activating group) is 1. The molecule has 2 aromatic rings. The lowest BCUT2D eigenvalue weighted by Crippen LogP contribution is -2.49. The van der Waals surface area contributed by atoms with E-state index in [4.69, 9.17) is 0 Å². The highest BCUT2D eigenvalue weighted by molar-refractivity contribution is 5.78. The number of hydrogen-bond acceptors (Lipinski definition) is 4. The van der Waals surface area contributed by atoms with Crippen LogP contribution >= 0.6 is 0 Å². The number of benzene rings is 1.